The fourth-order valence-corrected chi connectivity index (χ4v) is 3.99. The largest absolute Gasteiger partial charge is 0.493 e. The van der Waals surface area contributed by atoms with Crippen LogP contribution in [0.3, 0.4) is 0 Å². The zero-order valence-electron chi connectivity index (χ0n) is 17.7. The molecule has 5 nitrogen and oxygen atoms in total. The summed E-state index contributed by atoms with van der Waals surface area (Å²) in [5.74, 6) is 2.08. The molecule has 0 bridgehead atoms. The van der Waals surface area contributed by atoms with Gasteiger partial charge in [0.25, 0.3) is 0 Å². The number of hydrogen-bond acceptors (Lipinski definition) is 5. The molecular formula is C23H32N2O3. The van der Waals surface area contributed by atoms with Gasteiger partial charge in [-0.1, -0.05) is 12.1 Å². The molecular weight excluding hydrogens is 352 g/mol. The Kier molecular flexibility index (Phi) is 6.68. The van der Waals surface area contributed by atoms with E-state index < -0.39 is 0 Å². The Morgan fingerprint density at radius 2 is 1.68 bits per heavy atom. The number of nitrogens with zero attached hydrogens (tertiary/aromatic N) is 2. The summed E-state index contributed by atoms with van der Waals surface area (Å²) in [7, 11) is 4.95. The number of ether oxygens (including phenoxy) is 3. The first-order valence-electron chi connectivity index (χ1n) is 9.90. The summed E-state index contributed by atoms with van der Waals surface area (Å²) < 4.78 is 16.4. The first-order chi connectivity index (χ1) is 13.5. The molecule has 2 aromatic carbocycles. The van der Waals surface area contributed by atoms with Gasteiger partial charge in [0.1, 0.15) is 0 Å². The summed E-state index contributed by atoms with van der Waals surface area (Å²) in [6, 6.07) is 13.4. The quantitative estimate of drug-likeness (QED) is 0.726. The smallest absolute Gasteiger partial charge is 0.203 e. The predicted octanol–water partition coefficient (Wildman–Crippen LogP) is 3.77. The fraction of sp³-hybridized carbons (Fsp3) is 0.478. The molecule has 0 aliphatic carbocycles. The molecule has 0 radical (unpaired) electrons. The van der Waals surface area contributed by atoms with Crippen LogP contribution in [0, 0.1) is 6.92 Å². The molecule has 0 unspecified atom stereocenters. The average molecular weight is 385 g/mol. The van der Waals surface area contributed by atoms with E-state index in [9.17, 15) is 0 Å². The number of aryl methyl sites for hydroxylation is 1. The molecule has 1 fully saturated rings. The molecule has 0 amide bonds. The van der Waals surface area contributed by atoms with E-state index in [1.54, 1.807) is 21.3 Å². The second-order valence-electron chi connectivity index (χ2n) is 7.47. The topological polar surface area (TPSA) is 34.2 Å². The van der Waals surface area contributed by atoms with Crippen molar-refractivity contribution in [3.05, 3.63) is 47.5 Å². The third-order valence-electron chi connectivity index (χ3n) is 5.49. The normalized spacial score (nSPS) is 17.5. The lowest BCUT2D eigenvalue weighted by atomic mass is 10.1. The van der Waals surface area contributed by atoms with E-state index in [4.69, 9.17) is 14.2 Å². The maximum atomic E-state index is 5.48. The number of methoxy groups -OCH3 is 3. The predicted molar refractivity (Wildman–Crippen MR) is 114 cm³/mol. The Labute approximate surface area is 168 Å². The minimum atomic E-state index is 0.496. The van der Waals surface area contributed by atoms with Gasteiger partial charge in [-0.15, -0.1) is 0 Å². The zero-order valence-corrected chi connectivity index (χ0v) is 17.7. The number of rotatable bonds is 7. The lowest BCUT2D eigenvalue weighted by Crippen LogP contribution is -2.52. The third-order valence-corrected chi connectivity index (χ3v) is 5.49. The third kappa shape index (κ3) is 4.53. The van der Waals surface area contributed by atoms with Crippen LogP contribution in [0.25, 0.3) is 0 Å². The molecule has 2 aromatic rings. The van der Waals surface area contributed by atoms with E-state index in [2.05, 4.69) is 47.9 Å². The lowest BCUT2D eigenvalue weighted by molar-refractivity contribution is 0.231. The van der Waals surface area contributed by atoms with Crippen LogP contribution in [0.15, 0.2) is 36.4 Å². The van der Waals surface area contributed by atoms with Crippen LogP contribution in [0.4, 0.5) is 5.69 Å². The van der Waals surface area contributed by atoms with Crippen LogP contribution in [0.5, 0.6) is 17.2 Å². The Balaban J connectivity index is 1.62. The highest BCUT2D eigenvalue weighted by Gasteiger charge is 2.24. The van der Waals surface area contributed by atoms with Gasteiger partial charge in [-0.05, 0) is 55.7 Å². The minimum absolute atomic E-state index is 0.496. The SMILES string of the molecule is COc1cc(CCN2CCN(c3cccc(C)c3)[C@H](C)C2)cc(OC)c1OC. The summed E-state index contributed by atoms with van der Waals surface area (Å²) in [4.78, 5) is 5.06. The molecule has 5 heteroatoms. The summed E-state index contributed by atoms with van der Waals surface area (Å²) >= 11 is 0. The number of piperazine rings is 1. The van der Waals surface area contributed by atoms with Gasteiger partial charge in [-0.25, -0.2) is 0 Å². The lowest BCUT2D eigenvalue weighted by Gasteiger charge is -2.41. The summed E-state index contributed by atoms with van der Waals surface area (Å²) in [5, 5.41) is 0. The van der Waals surface area contributed by atoms with Crippen molar-refractivity contribution in [2.24, 2.45) is 0 Å². The Bertz CT molecular complexity index is 768. The van der Waals surface area contributed by atoms with E-state index in [-0.39, 0.29) is 0 Å². The molecule has 0 spiro atoms. The summed E-state index contributed by atoms with van der Waals surface area (Å²) in [6.45, 7) is 8.68. The number of hydrogen-bond donors (Lipinski definition) is 0. The van der Waals surface area contributed by atoms with E-state index in [0.717, 1.165) is 44.1 Å². The monoisotopic (exact) mass is 384 g/mol. The summed E-state index contributed by atoms with van der Waals surface area (Å²) in [6.07, 6.45) is 0.952. The van der Waals surface area contributed by atoms with E-state index in [1.165, 1.54) is 16.8 Å². The van der Waals surface area contributed by atoms with Gasteiger partial charge < -0.3 is 19.1 Å². The van der Waals surface area contributed by atoms with Crippen LogP contribution >= 0.6 is 0 Å². The molecule has 1 aliphatic rings. The van der Waals surface area contributed by atoms with Crippen molar-refractivity contribution in [1.82, 2.24) is 4.90 Å². The van der Waals surface area contributed by atoms with Crippen LogP contribution in [-0.2, 0) is 6.42 Å². The highest BCUT2D eigenvalue weighted by atomic mass is 16.5. The average Bonchev–Trinajstić information content (AvgIpc) is 2.71. The van der Waals surface area contributed by atoms with Crippen molar-refractivity contribution in [3.8, 4) is 17.2 Å². The molecule has 1 aliphatic heterocycles. The van der Waals surface area contributed by atoms with Gasteiger partial charge in [-0.2, -0.15) is 0 Å². The number of anilines is 1. The van der Waals surface area contributed by atoms with Crippen LogP contribution < -0.4 is 19.1 Å². The molecule has 1 atom stereocenters. The first kappa shape index (κ1) is 20.3. The molecule has 28 heavy (non-hydrogen) atoms. The van der Waals surface area contributed by atoms with E-state index in [0.29, 0.717) is 11.8 Å². The van der Waals surface area contributed by atoms with Crippen molar-refractivity contribution in [3.63, 3.8) is 0 Å². The second kappa shape index (κ2) is 9.20. The molecule has 0 aromatic heterocycles. The highest BCUT2D eigenvalue weighted by Crippen LogP contribution is 2.38. The first-order valence-corrected chi connectivity index (χ1v) is 9.90. The minimum Gasteiger partial charge on any atom is -0.493 e. The van der Waals surface area contributed by atoms with Crippen molar-refractivity contribution in [1.29, 1.82) is 0 Å². The van der Waals surface area contributed by atoms with Crippen LogP contribution in [-0.4, -0.2) is 58.5 Å². The van der Waals surface area contributed by atoms with Gasteiger partial charge in [0, 0.05) is 37.9 Å². The fourth-order valence-electron chi connectivity index (χ4n) is 3.99. The van der Waals surface area contributed by atoms with Crippen molar-refractivity contribution >= 4 is 5.69 Å². The zero-order chi connectivity index (χ0) is 20.1. The molecule has 0 saturated carbocycles. The molecule has 3 rings (SSSR count). The summed E-state index contributed by atoms with van der Waals surface area (Å²) in [5.41, 5.74) is 3.84. The number of benzene rings is 2. The Hall–Kier alpha value is -2.40. The van der Waals surface area contributed by atoms with Gasteiger partial charge >= 0.3 is 0 Å². The van der Waals surface area contributed by atoms with Crippen molar-refractivity contribution < 1.29 is 14.2 Å². The molecule has 0 N–H and O–H groups in total. The van der Waals surface area contributed by atoms with E-state index in [1.807, 2.05) is 12.1 Å². The van der Waals surface area contributed by atoms with Crippen molar-refractivity contribution in [2.75, 3.05) is 52.4 Å². The maximum absolute atomic E-state index is 5.48. The van der Waals surface area contributed by atoms with Gasteiger partial charge in [0.15, 0.2) is 11.5 Å². The molecule has 1 heterocycles. The van der Waals surface area contributed by atoms with Crippen molar-refractivity contribution in [2.45, 2.75) is 26.3 Å². The standard InChI is InChI=1S/C23H32N2O3/c1-17-7-6-8-20(13-17)25-12-11-24(16-18(25)2)10-9-19-14-21(26-3)23(28-5)22(15-19)27-4/h6-8,13-15,18H,9-12,16H2,1-5H3/t18-/m1/s1. The Morgan fingerprint density at radius 1 is 0.964 bits per heavy atom. The molecule has 1 saturated heterocycles. The molecule has 152 valence electrons. The van der Waals surface area contributed by atoms with E-state index >= 15 is 0 Å². The second-order valence-corrected chi connectivity index (χ2v) is 7.47. The van der Waals surface area contributed by atoms with Gasteiger partial charge in [0.2, 0.25) is 5.75 Å². The Morgan fingerprint density at radius 3 is 2.25 bits per heavy atom. The van der Waals surface area contributed by atoms with Crippen LogP contribution in [0.2, 0.25) is 0 Å². The van der Waals surface area contributed by atoms with Gasteiger partial charge in [-0.3, -0.25) is 4.90 Å². The van der Waals surface area contributed by atoms with Gasteiger partial charge in [0.05, 0.1) is 21.3 Å². The maximum Gasteiger partial charge on any atom is 0.203 e. The highest BCUT2D eigenvalue weighted by molar-refractivity contribution is 5.54. The van der Waals surface area contributed by atoms with Crippen LogP contribution in [0.1, 0.15) is 18.1 Å².